The predicted molar refractivity (Wildman–Crippen MR) is 81.8 cm³/mol. The third-order valence-corrected chi connectivity index (χ3v) is 6.30. The number of halogens is 3. The number of hydrogen-bond donors (Lipinski definition) is 0. The molecule has 0 unspecified atom stereocenters. The monoisotopic (exact) mass is 410 g/mol. The highest BCUT2D eigenvalue weighted by Gasteiger charge is 2.31. The van der Waals surface area contributed by atoms with E-state index in [1.54, 1.807) is 6.20 Å². The first-order chi connectivity index (χ1) is 9.89. The van der Waals surface area contributed by atoms with Gasteiger partial charge in [-0.1, -0.05) is 23.2 Å². The summed E-state index contributed by atoms with van der Waals surface area (Å²) in [6.45, 7) is 1.05. The maximum atomic E-state index is 12.6. The first-order valence-corrected chi connectivity index (χ1v) is 8.90. The molecule has 3 heterocycles. The maximum absolute atomic E-state index is 12.6. The van der Waals surface area contributed by atoms with E-state index in [2.05, 4.69) is 25.9 Å². The third-order valence-electron chi connectivity index (χ3n) is 3.18. The van der Waals surface area contributed by atoms with E-state index in [-0.39, 0.29) is 21.7 Å². The zero-order valence-electron chi connectivity index (χ0n) is 10.5. The first kappa shape index (κ1) is 15.2. The lowest BCUT2D eigenvalue weighted by Crippen LogP contribution is -2.38. The van der Waals surface area contributed by atoms with Crippen LogP contribution in [0.3, 0.4) is 0 Å². The zero-order chi connectivity index (χ0) is 15.2. The van der Waals surface area contributed by atoms with E-state index in [0.29, 0.717) is 18.9 Å². The van der Waals surface area contributed by atoms with Crippen LogP contribution in [0.1, 0.15) is 5.82 Å². The van der Waals surface area contributed by atoms with Gasteiger partial charge in [0.05, 0.1) is 12.7 Å². The Kier molecular flexibility index (Phi) is 4.00. The minimum absolute atomic E-state index is 0.0485. The Balaban J connectivity index is 1.96. The second-order valence-electron chi connectivity index (χ2n) is 4.41. The Bertz CT molecular complexity index is 809. The molecule has 6 nitrogen and oxygen atoms in total. The van der Waals surface area contributed by atoms with Gasteiger partial charge < -0.3 is 4.57 Å². The van der Waals surface area contributed by atoms with Gasteiger partial charge in [0.15, 0.2) is 5.15 Å². The molecule has 0 spiro atoms. The molecule has 21 heavy (non-hydrogen) atoms. The molecular weight excluding hydrogens is 403 g/mol. The van der Waals surface area contributed by atoms with Crippen LogP contribution in [0.5, 0.6) is 0 Å². The molecule has 1 aliphatic rings. The van der Waals surface area contributed by atoms with Crippen molar-refractivity contribution < 1.29 is 8.42 Å². The second-order valence-corrected chi connectivity index (χ2v) is 7.87. The number of rotatable bonds is 2. The second kappa shape index (κ2) is 5.51. The standard InChI is InChI=1S/C11H9BrCl2N4O2S/c12-8-5-15-10-6-17(3-4-18(8)10)21(19,20)7-1-2-9(13)16-11(7)14/h1-2,5H,3-4,6H2. The van der Waals surface area contributed by atoms with Crippen molar-refractivity contribution in [1.29, 1.82) is 0 Å². The Hall–Kier alpha value is -0.670. The third kappa shape index (κ3) is 2.70. The first-order valence-electron chi connectivity index (χ1n) is 5.91. The molecule has 112 valence electrons. The van der Waals surface area contributed by atoms with Crippen LogP contribution in [0.15, 0.2) is 27.8 Å². The average molecular weight is 412 g/mol. The van der Waals surface area contributed by atoms with E-state index in [4.69, 9.17) is 23.2 Å². The van der Waals surface area contributed by atoms with Crippen LogP contribution in [0.2, 0.25) is 10.3 Å². The number of imidazole rings is 1. The molecule has 0 radical (unpaired) electrons. The Morgan fingerprint density at radius 1 is 1.24 bits per heavy atom. The molecule has 0 fully saturated rings. The quantitative estimate of drug-likeness (QED) is 0.712. The summed E-state index contributed by atoms with van der Waals surface area (Å²) in [7, 11) is -3.73. The molecule has 1 aliphatic heterocycles. The van der Waals surface area contributed by atoms with Crippen LogP contribution in [-0.4, -0.2) is 33.8 Å². The van der Waals surface area contributed by atoms with Gasteiger partial charge in [0.2, 0.25) is 10.0 Å². The van der Waals surface area contributed by atoms with Crippen LogP contribution in [0, 0.1) is 0 Å². The summed E-state index contributed by atoms with van der Waals surface area (Å²) in [5.74, 6) is 0.676. The largest absolute Gasteiger partial charge is 0.320 e. The minimum atomic E-state index is -3.73. The predicted octanol–water partition coefficient (Wildman–Crippen LogP) is 2.55. The molecule has 2 aromatic rings. The van der Waals surface area contributed by atoms with Crippen LogP contribution < -0.4 is 0 Å². The highest BCUT2D eigenvalue weighted by Crippen LogP contribution is 2.28. The fourth-order valence-corrected chi connectivity index (χ4v) is 4.64. The van der Waals surface area contributed by atoms with Crippen LogP contribution in [0.4, 0.5) is 0 Å². The molecule has 10 heteroatoms. The van der Waals surface area contributed by atoms with E-state index in [1.165, 1.54) is 16.4 Å². The molecule has 2 aromatic heterocycles. The van der Waals surface area contributed by atoms with Gasteiger partial charge in [-0.15, -0.1) is 0 Å². The molecule has 0 aromatic carbocycles. The lowest BCUT2D eigenvalue weighted by Gasteiger charge is -2.27. The van der Waals surface area contributed by atoms with Crippen molar-refractivity contribution in [3.63, 3.8) is 0 Å². The summed E-state index contributed by atoms with van der Waals surface area (Å²) in [4.78, 5) is 7.92. The van der Waals surface area contributed by atoms with Crippen molar-refractivity contribution in [1.82, 2.24) is 18.8 Å². The lowest BCUT2D eigenvalue weighted by atomic mass is 10.4. The molecule has 0 N–H and O–H groups in total. The van der Waals surface area contributed by atoms with E-state index in [0.717, 1.165) is 4.60 Å². The normalized spacial score (nSPS) is 16.0. The summed E-state index contributed by atoms with van der Waals surface area (Å²) in [5, 5.41) is 0.0228. The topological polar surface area (TPSA) is 68.1 Å². The van der Waals surface area contributed by atoms with Crippen molar-refractivity contribution in [3.05, 3.63) is 39.1 Å². The van der Waals surface area contributed by atoms with Gasteiger partial charge in [-0.2, -0.15) is 4.31 Å². The Labute approximate surface area is 139 Å². The summed E-state index contributed by atoms with van der Waals surface area (Å²) in [6.07, 6.45) is 1.66. The highest BCUT2D eigenvalue weighted by molar-refractivity contribution is 9.10. The van der Waals surface area contributed by atoms with Gasteiger partial charge in [0.1, 0.15) is 20.5 Å². The molecule has 0 saturated heterocycles. The number of fused-ring (bicyclic) bond motifs is 1. The van der Waals surface area contributed by atoms with E-state index in [9.17, 15) is 8.42 Å². The minimum Gasteiger partial charge on any atom is -0.320 e. The molecule has 0 saturated carbocycles. The van der Waals surface area contributed by atoms with Gasteiger partial charge in [0.25, 0.3) is 0 Å². The van der Waals surface area contributed by atoms with Crippen LogP contribution in [-0.2, 0) is 23.1 Å². The number of hydrogen-bond acceptors (Lipinski definition) is 4. The fourth-order valence-electron chi connectivity index (χ4n) is 2.14. The van der Waals surface area contributed by atoms with E-state index >= 15 is 0 Å². The number of nitrogens with zero attached hydrogens (tertiary/aromatic N) is 4. The van der Waals surface area contributed by atoms with Gasteiger partial charge in [-0.3, -0.25) is 0 Å². The zero-order valence-corrected chi connectivity index (χ0v) is 14.4. The summed E-state index contributed by atoms with van der Waals surface area (Å²) in [6, 6.07) is 2.77. The molecule has 0 aliphatic carbocycles. The number of pyridine rings is 1. The summed E-state index contributed by atoms with van der Waals surface area (Å²) >= 11 is 15.0. The average Bonchev–Trinajstić information content (AvgIpc) is 2.79. The molecule has 3 rings (SSSR count). The van der Waals surface area contributed by atoms with E-state index < -0.39 is 10.0 Å². The van der Waals surface area contributed by atoms with Crippen molar-refractivity contribution in [3.8, 4) is 0 Å². The van der Waals surface area contributed by atoms with Gasteiger partial charge in [-0.05, 0) is 28.1 Å². The van der Waals surface area contributed by atoms with Crippen LogP contribution in [0.25, 0.3) is 0 Å². The molecular formula is C11H9BrCl2N4O2S. The van der Waals surface area contributed by atoms with Gasteiger partial charge in [-0.25, -0.2) is 18.4 Å². The van der Waals surface area contributed by atoms with Gasteiger partial charge in [0, 0.05) is 13.1 Å². The maximum Gasteiger partial charge on any atom is 0.246 e. The van der Waals surface area contributed by atoms with Crippen molar-refractivity contribution >= 4 is 49.2 Å². The van der Waals surface area contributed by atoms with Crippen LogP contribution >= 0.6 is 39.1 Å². The smallest absolute Gasteiger partial charge is 0.246 e. The van der Waals surface area contributed by atoms with Gasteiger partial charge >= 0.3 is 0 Å². The van der Waals surface area contributed by atoms with E-state index in [1.807, 2.05) is 4.57 Å². The van der Waals surface area contributed by atoms with Crippen molar-refractivity contribution in [2.24, 2.45) is 0 Å². The van der Waals surface area contributed by atoms with Crippen molar-refractivity contribution in [2.45, 2.75) is 18.0 Å². The Morgan fingerprint density at radius 3 is 2.71 bits per heavy atom. The molecule has 0 bridgehead atoms. The Morgan fingerprint density at radius 2 is 2.00 bits per heavy atom. The number of aromatic nitrogens is 3. The molecule has 0 amide bonds. The summed E-state index contributed by atoms with van der Waals surface area (Å²) < 4.78 is 29.4. The lowest BCUT2D eigenvalue weighted by molar-refractivity contribution is 0.333. The number of sulfonamides is 1. The SMILES string of the molecule is O=S(=O)(c1ccc(Cl)nc1Cl)N1CCn2c(Br)cnc2C1. The van der Waals surface area contributed by atoms with Crippen molar-refractivity contribution in [2.75, 3.05) is 6.54 Å². The fraction of sp³-hybridized carbons (Fsp3) is 0.273. The summed E-state index contributed by atoms with van der Waals surface area (Å²) in [5.41, 5.74) is 0. The molecule has 0 atom stereocenters. The highest BCUT2D eigenvalue weighted by atomic mass is 79.9.